The van der Waals surface area contributed by atoms with E-state index in [0.717, 1.165) is 22.6 Å². The third-order valence-electron chi connectivity index (χ3n) is 3.64. The summed E-state index contributed by atoms with van der Waals surface area (Å²) in [7, 11) is 0. The average Bonchev–Trinajstić information content (AvgIpc) is 2.63. The average molecular weight is 335 g/mol. The van der Waals surface area contributed by atoms with Gasteiger partial charge < -0.3 is 15.7 Å². The molecular weight excluding hydrogens is 314 g/mol. The molecule has 0 aliphatic heterocycles. The second-order valence-corrected chi connectivity index (χ2v) is 5.75. The maximum Gasteiger partial charge on any atom is 0.148 e. The molecule has 3 rings (SSSR count). The van der Waals surface area contributed by atoms with Crippen LogP contribution in [0.3, 0.4) is 0 Å². The lowest BCUT2D eigenvalue weighted by Gasteiger charge is -2.08. The van der Waals surface area contributed by atoms with Crippen molar-refractivity contribution in [3.63, 3.8) is 0 Å². The first kappa shape index (κ1) is 16.9. The van der Waals surface area contributed by atoms with Gasteiger partial charge in [-0.1, -0.05) is 12.1 Å². The maximum atomic E-state index is 8.84. The number of aryl methyl sites for hydroxylation is 1. The number of aliphatic hydroxyl groups is 1. The molecule has 0 saturated carbocycles. The Kier molecular flexibility index (Phi) is 5.53. The first-order valence-corrected chi connectivity index (χ1v) is 8.20. The number of hydrogen-bond acceptors (Lipinski definition) is 6. The van der Waals surface area contributed by atoms with Gasteiger partial charge in [0.05, 0.1) is 23.8 Å². The van der Waals surface area contributed by atoms with Crippen molar-refractivity contribution in [3.8, 4) is 11.3 Å². The van der Waals surface area contributed by atoms with Crippen molar-refractivity contribution < 1.29 is 5.11 Å². The van der Waals surface area contributed by atoms with Crippen LogP contribution in [0.1, 0.15) is 12.0 Å². The highest BCUT2D eigenvalue weighted by Gasteiger charge is 2.04. The van der Waals surface area contributed by atoms with Crippen LogP contribution < -0.4 is 10.6 Å². The number of pyridine rings is 1. The van der Waals surface area contributed by atoms with Crippen molar-refractivity contribution in [3.05, 3.63) is 60.7 Å². The van der Waals surface area contributed by atoms with E-state index in [1.165, 1.54) is 5.56 Å². The molecule has 0 unspecified atom stereocenters. The number of nitrogens with zero attached hydrogens (tertiary/aromatic N) is 3. The minimum Gasteiger partial charge on any atom is -0.396 e. The summed E-state index contributed by atoms with van der Waals surface area (Å²) in [6.45, 7) is 2.92. The van der Waals surface area contributed by atoms with Gasteiger partial charge in [0.1, 0.15) is 5.82 Å². The Labute approximate surface area is 147 Å². The van der Waals surface area contributed by atoms with Crippen LogP contribution in [0.15, 0.2) is 55.1 Å². The van der Waals surface area contributed by atoms with Crippen LogP contribution in [0.2, 0.25) is 0 Å². The van der Waals surface area contributed by atoms with Gasteiger partial charge in [0.2, 0.25) is 0 Å². The second-order valence-electron chi connectivity index (χ2n) is 5.75. The van der Waals surface area contributed by atoms with E-state index in [2.05, 4.69) is 44.6 Å². The zero-order valence-corrected chi connectivity index (χ0v) is 14.1. The lowest BCUT2D eigenvalue weighted by molar-refractivity contribution is 0.292. The number of benzene rings is 1. The van der Waals surface area contributed by atoms with Gasteiger partial charge >= 0.3 is 0 Å². The molecule has 2 heterocycles. The summed E-state index contributed by atoms with van der Waals surface area (Å²) in [4.78, 5) is 13.1. The molecule has 25 heavy (non-hydrogen) atoms. The molecular formula is C19H21N5O. The summed E-state index contributed by atoms with van der Waals surface area (Å²) >= 11 is 0. The molecule has 1 aromatic carbocycles. The van der Waals surface area contributed by atoms with Crippen molar-refractivity contribution >= 4 is 17.2 Å². The highest BCUT2D eigenvalue weighted by Crippen LogP contribution is 2.21. The fourth-order valence-electron chi connectivity index (χ4n) is 2.40. The first-order valence-electron chi connectivity index (χ1n) is 8.20. The molecule has 0 aliphatic rings. The second kappa shape index (κ2) is 8.21. The van der Waals surface area contributed by atoms with E-state index >= 15 is 0 Å². The van der Waals surface area contributed by atoms with Gasteiger partial charge in [0, 0.05) is 36.8 Å². The normalized spacial score (nSPS) is 10.5. The zero-order valence-electron chi connectivity index (χ0n) is 14.1. The number of aromatic nitrogens is 3. The van der Waals surface area contributed by atoms with Crippen molar-refractivity contribution in [2.45, 2.75) is 13.3 Å². The minimum atomic E-state index is 0.168. The van der Waals surface area contributed by atoms with Crippen molar-refractivity contribution in [2.75, 3.05) is 23.8 Å². The van der Waals surface area contributed by atoms with Gasteiger partial charge in [-0.2, -0.15) is 0 Å². The molecule has 0 radical (unpaired) electrons. The molecule has 0 atom stereocenters. The third kappa shape index (κ3) is 4.74. The molecule has 0 saturated heterocycles. The highest BCUT2D eigenvalue weighted by molar-refractivity contribution is 5.64. The van der Waals surface area contributed by atoms with Crippen LogP contribution >= 0.6 is 0 Å². The Morgan fingerprint density at radius 2 is 1.92 bits per heavy atom. The van der Waals surface area contributed by atoms with Gasteiger partial charge in [-0.3, -0.25) is 9.97 Å². The van der Waals surface area contributed by atoms with Crippen LogP contribution in [-0.2, 0) is 0 Å². The van der Waals surface area contributed by atoms with E-state index in [1.807, 2.05) is 18.2 Å². The molecule has 0 amide bonds. The van der Waals surface area contributed by atoms with Crippen LogP contribution in [0.5, 0.6) is 0 Å². The van der Waals surface area contributed by atoms with Crippen LogP contribution in [0, 0.1) is 6.92 Å². The van der Waals surface area contributed by atoms with E-state index in [9.17, 15) is 0 Å². The number of hydrogen-bond donors (Lipinski definition) is 3. The topological polar surface area (TPSA) is 83.0 Å². The summed E-state index contributed by atoms with van der Waals surface area (Å²) < 4.78 is 0. The van der Waals surface area contributed by atoms with Gasteiger partial charge in [0.15, 0.2) is 0 Å². The number of anilines is 3. The van der Waals surface area contributed by atoms with Crippen molar-refractivity contribution in [1.29, 1.82) is 0 Å². The molecule has 128 valence electrons. The summed E-state index contributed by atoms with van der Waals surface area (Å²) in [6.07, 6.45) is 7.65. The predicted octanol–water partition coefficient (Wildman–Crippen LogP) is 3.38. The van der Waals surface area contributed by atoms with Gasteiger partial charge in [0.25, 0.3) is 0 Å². The van der Waals surface area contributed by atoms with Crippen molar-refractivity contribution in [2.24, 2.45) is 0 Å². The Balaban J connectivity index is 1.70. The van der Waals surface area contributed by atoms with E-state index in [0.29, 0.717) is 18.8 Å². The fraction of sp³-hybridized carbons (Fsp3) is 0.211. The molecule has 0 spiro atoms. The zero-order chi connectivity index (χ0) is 17.5. The lowest BCUT2D eigenvalue weighted by atomic mass is 10.2. The molecule has 3 aromatic rings. The third-order valence-corrected chi connectivity index (χ3v) is 3.64. The van der Waals surface area contributed by atoms with Crippen LogP contribution in [0.25, 0.3) is 11.3 Å². The standard InChI is InChI=1S/C19H21N5O/c1-14-4-2-5-16(8-14)24-19-13-22-18(12-23-19)15-9-17(11-20-10-15)21-6-3-7-25/h2,4-5,8-13,21,25H,3,6-7H2,1H3,(H,23,24). The van der Waals surface area contributed by atoms with Crippen molar-refractivity contribution in [1.82, 2.24) is 15.0 Å². The van der Waals surface area contributed by atoms with E-state index in [4.69, 9.17) is 5.11 Å². The SMILES string of the molecule is Cc1cccc(Nc2cnc(-c3cncc(NCCCO)c3)cn2)c1. The molecule has 6 heteroatoms. The molecule has 0 fully saturated rings. The molecule has 6 nitrogen and oxygen atoms in total. The number of aliphatic hydroxyl groups excluding tert-OH is 1. The van der Waals surface area contributed by atoms with Gasteiger partial charge in [-0.25, -0.2) is 4.98 Å². The number of nitrogens with one attached hydrogen (secondary N) is 2. The molecule has 0 aliphatic carbocycles. The number of rotatable bonds is 7. The van der Waals surface area contributed by atoms with Crippen LogP contribution in [-0.4, -0.2) is 33.2 Å². The monoisotopic (exact) mass is 335 g/mol. The first-order chi connectivity index (χ1) is 12.2. The Bertz CT molecular complexity index is 820. The largest absolute Gasteiger partial charge is 0.396 e. The smallest absolute Gasteiger partial charge is 0.148 e. The molecule has 0 bridgehead atoms. The Hall–Kier alpha value is -2.99. The minimum absolute atomic E-state index is 0.168. The van der Waals surface area contributed by atoms with E-state index < -0.39 is 0 Å². The summed E-state index contributed by atoms with van der Waals surface area (Å²) in [5.41, 5.74) is 4.72. The fourth-order valence-corrected chi connectivity index (χ4v) is 2.40. The van der Waals surface area contributed by atoms with E-state index in [1.54, 1.807) is 24.8 Å². The molecule has 2 aromatic heterocycles. The summed E-state index contributed by atoms with van der Waals surface area (Å²) in [6, 6.07) is 10.1. The maximum absolute atomic E-state index is 8.84. The van der Waals surface area contributed by atoms with Crippen LogP contribution in [0.4, 0.5) is 17.2 Å². The summed E-state index contributed by atoms with van der Waals surface area (Å²) in [5.74, 6) is 0.694. The Morgan fingerprint density at radius 1 is 1.00 bits per heavy atom. The van der Waals surface area contributed by atoms with E-state index in [-0.39, 0.29) is 6.61 Å². The summed E-state index contributed by atoms with van der Waals surface area (Å²) in [5, 5.41) is 15.3. The highest BCUT2D eigenvalue weighted by atomic mass is 16.3. The predicted molar refractivity (Wildman–Crippen MR) is 99.9 cm³/mol. The van der Waals surface area contributed by atoms with Gasteiger partial charge in [-0.05, 0) is 37.1 Å². The van der Waals surface area contributed by atoms with Gasteiger partial charge in [-0.15, -0.1) is 0 Å². The molecule has 3 N–H and O–H groups in total. The Morgan fingerprint density at radius 3 is 2.68 bits per heavy atom. The lowest BCUT2D eigenvalue weighted by Crippen LogP contribution is -2.03. The quantitative estimate of drug-likeness (QED) is 0.574.